The summed E-state index contributed by atoms with van der Waals surface area (Å²) >= 11 is 10.8. The third-order valence-corrected chi connectivity index (χ3v) is 2.18. The Morgan fingerprint density at radius 2 is 2.17 bits per heavy atom. The number of thiocarbonyl (C=S) groups is 1. The lowest BCUT2D eigenvalue weighted by atomic mass is 10.3. The number of halogens is 1. The molecule has 0 aromatic heterocycles. The second kappa shape index (κ2) is 3.87. The van der Waals surface area contributed by atoms with E-state index in [1.54, 1.807) is 0 Å². The Morgan fingerprint density at radius 1 is 1.50 bits per heavy atom. The zero-order chi connectivity index (χ0) is 9.14. The summed E-state index contributed by atoms with van der Waals surface area (Å²) in [5.74, 6) is 0. The fourth-order valence-corrected chi connectivity index (χ4v) is 1.16. The van der Waals surface area contributed by atoms with E-state index in [9.17, 15) is 0 Å². The van der Waals surface area contributed by atoms with Gasteiger partial charge in [0, 0.05) is 17.8 Å². The normalized spacial score (nSPS) is 9.58. The Bertz CT molecular complexity index is 298. The van der Waals surface area contributed by atoms with Crippen LogP contribution in [0.1, 0.15) is 6.92 Å². The molecule has 1 nitrogen and oxygen atoms in total. The highest BCUT2D eigenvalue weighted by molar-refractivity contribution is 7.80. The van der Waals surface area contributed by atoms with E-state index in [-0.39, 0.29) is 0 Å². The largest absolute Gasteiger partial charge is 0.339 e. The predicted molar refractivity (Wildman–Crippen MR) is 58.1 cm³/mol. The summed E-state index contributed by atoms with van der Waals surface area (Å²) in [6.45, 7) is 1.89. The van der Waals surface area contributed by atoms with E-state index in [4.69, 9.17) is 23.8 Å². The van der Waals surface area contributed by atoms with Crippen LogP contribution < -0.4 is 4.90 Å². The summed E-state index contributed by atoms with van der Waals surface area (Å²) in [7, 11) is 1.92. The van der Waals surface area contributed by atoms with E-state index in [2.05, 4.69) is 0 Å². The molecule has 0 atom stereocenters. The van der Waals surface area contributed by atoms with Crippen molar-refractivity contribution in [1.29, 1.82) is 0 Å². The fraction of sp³-hybridized carbons (Fsp3) is 0.222. The van der Waals surface area contributed by atoms with Crippen LogP contribution in [0.25, 0.3) is 0 Å². The average molecular weight is 200 g/mol. The third-order valence-electron chi connectivity index (χ3n) is 1.67. The van der Waals surface area contributed by atoms with Crippen molar-refractivity contribution in [3.05, 3.63) is 29.3 Å². The average Bonchev–Trinajstić information content (AvgIpc) is 2.03. The van der Waals surface area contributed by atoms with Gasteiger partial charge in [0.15, 0.2) is 0 Å². The lowest BCUT2D eigenvalue weighted by Gasteiger charge is -2.17. The number of anilines is 1. The first-order chi connectivity index (χ1) is 5.61. The van der Waals surface area contributed by atoms with Gasteiger partial charge in [0.25, 0.3) is 0 Å². The van der Waals surface area contributed by atoms with Gasteiger partial charge >= 0.3 is 0 Å². The van der Waals surface area contributed by atoms with Crippen molar-refractivity contribution in [3.63, 3.8) is 0 Å². The molecule has 64 valence electrons. The number of hydrogen-bond acceptors (Lipinski definition) is 1. The standard InChI is InChI=1S/C9H10ClNS/c1-7(12)11(2)9-5-3-4-8(10)6-9/h3-6H,1-2H3. The van der Waals surface area contributed by atoms with Gasteiger partial charge in [-0.3, -0.25) is 0 Å². The van der Waals surface area contributed by atoms with Crippen molar-refractivity contribution in [1.82, 2.24) is 0 Å². The van der Waals surface area contributed by atoms with E-state index < -0.39 is 0 Å². The van der Waals surface area contributed by atoms with Crippen LogP contribution >= 0.6 is 23.8 Å². The summed E-state index contributed by atoms with van der Waals surface area (Å²) in [4.78, 5) is 2.75. The van der Waals surface area contributed by atoms with Crippen LogP contribution in [0.2, 0.25) is 5.02 Å². The zero-order valence-electron chi connectivity index (χ0n) is 7.04. The number of benzene rings is 1. The highest BCUT2D eigenvalue weighted by Gasteiger charge is 2.01. The molecular formula is C9H10ClNS. The predicted octanol–water partition coefficient (Wildman–Crippen LogP) is 3.12. The molecule has 1 aromatic rings. The minimum absolute atomic E-state index is 0.732. The number of rotatable bonds is 1. The van der Waals surface area contributed by atoms with Crippen molar-refractivity contribution in [3.8, 4) is 0 Å². The molecule has 0 bridgehead atoms. The Balaban J connectivity index is 2.95. The van der Waals surface area contributed by atoms with Crippen LogP contribution in [-0.4, -0.2) is 12.0 Å². The first kappa shape index (κ1) is 9.49. The molecule has 0 fully saturated rings. The van der Waals surface area contributed by atoms with Gasteiger partial charge in [-0.05, 0) is 25.1 Å². The molecule has 0 N–H and O–H groups in total. The maximum atomic E-state index is 5.82. The fourth-order valence-electron chi connectivity index (χ4n) is 0.867. The molecule has 0 unspecified atom stereocenters. The maximum absolute atomic E-state index is 5.82. The summed E-state index contributed by atoms with van der Waals surface area (Å²) in [6, 6.07) is 7.61. The van der Waals surface area contributed by atoms with E-state index in [1.807, 2.05) is 43.1 Å². The smallest absolute Gasteiger partial charge is 0.0789 e. The molecule has 3 heteroatoms. The third kappa shape index (κ3) is 2.19. The molecule has 12 heavy (non-hydrogen) atoms. The van der Waals surface area contributed by atoms with Crippen LogP contribution in [0, 0.1) is 0 Å². The summed E-state index contributed by atoms with van der Waals surface area (Å²) < 4.78 is 0. The minimum Gasteiger partial charge on any atom is -0.339 e. The van der Waals surface area contributed by atoms with Gasteiger partial charge in [-0.15, -0.1) is 0 Å². The highest BCUT2D eigenvalue weighted by atomic mass is 35.5. The Kier molecular flexibility index (Phi) is 3.06. The van der Waals surface area contributed by atoms with E-state index >= 15 is 0 Å². The van der Waals surface area contributed by atoms with Crippen LogP contribution in [-0.2, 0) is 0 Å². The van der Waals surface area contributed by atoms with Crippen LogP contribution in [0.15, 0.2) is 24.3 Å². The zero-order valence-corrected chi connectivity index (χ0v) is 8.62. The van der Waals surface area contributed by atoms with E-state index in [0.717, 1.165) is 15.7 Å². The van der Waals surface area contributed by atoms with Crippen LogP contribution in [0.3, 0.4) is 0 Å². The molecular weight excluding hydrogens is 190 g/mol. The van der Waals surface area contributed by atoms with Crippen molar-refractivity contribution < 1.29 is 0 Å². The number of hydrogen-bond donors (Lipinski definition) is 0. The van der Waals surface area contributed by atoms with E-state index in [0.29, 0.717) is 0 Å². The van der Waals surface area contributed by atoms with Gasteiger partial charge < -0.3 is 4.90 Å². The minimum atomic E-state index is 0.732. The van der Waals surface area contributed by atoms with Crippen molar-refractivity contribution >= 4 is 34.5 Å². The van der Waals surface area contributed by atoms with Gasteiger partial charge in [-0.25, -0.2) is 0 Å². The molecule has 0 amide bonds. The SMILES string of the molecule is CC(=S)N(C)c1cccc(Cl)c1. The molecule has 0 aliphatic rings. The molecule has 0 aliphatic carbocycles. The lowest BCUT2D eigenvalue weighted by molar-refractivity contribution is 1.28. The molecule has 0 heterocycles. The monoisotopic (exact) mass is 199 g/mol. The van der Waals surface area contributed by atoms with Crippen molar-refractivity contribution in [2.24, 2.45) is 0 Å². The summed E-state index contributed by atoms with van der Waals surface area (Å²) in [6.07, 6.45) is 0. The topological polar surface area (TPSA) is 3.24 Å². The molecule has 0 aliphatic heterocycles. The summed E-state index contributed by atoms with van der Waals surface area (Å²) in [5.41, 5.74) is 1.02. The maximum Gasteiger partial charge on any atom is 0.0789 e. The highest BCUT2D eigenvalue weighted by Crippen LogP contribution is 2.18. The molecule has 0 saturated heterocycles. The molecule has 0 spiro atoms. The van der Waals surface area contributed by atoms with Gasteiger partial charge in [0.2, 0.25) is 0 Å². The van der Waals surface area contributed by atoms with E-state index in [1.165, 1.54) is 0 Å². The second-order valence-electron chi connectivity index (χ2n) is 2.56. The lowest BCUT2D eigenvalue weighted by Crippen LogP contribution is -2.20. The molecule has 0 radical (unpaired) electrons. The van der Waals surface area contributed by atoms with Gasteiger partial charge in [0.1, 0.15) is 0 Å². The molecule has 1 aromatic carbocycles. The second-order valence-corrected chi connectivity index (χ2v) is 3.59. The van der Waals surface area contributed by atoms with Gasteiger partial charge in [-0.1, -0.05) is 29.9 Å². The first-order valence-corrected chi connectivity index (χ1v) is 4.40. The molecule has 0 saturated carbocycles. The Hall–Kier alpha value is -0.600. The van der Waals surface area contributed by atoms with Crippen molar-refractivity contribution in [2.75, 3.05) is 11.9 Å². The van der Waals surface area contributed by atoms with Gasteiger partial charge in [0.05, 0.1) is 4.99 Å². The summed E-state index contributed by atoms with van der Waals surface area (Å²) in [5, 5.41) is 0.732. The first-order valence-electron chi connectivity index (χ1n) is 3.61. The Morgan fingerprint density at radius 3 is 2.67 bits per heavy atom. The quantitative estimate of drug-likeness (QED) is 0.640. The molecule has 1 rings (SSSR count). The Labute approximate surface area is 82.9 Å². The van der Waals surface area contributed by atoms with Gasteiger partial charge in [-0.2, -0.15) is 0 Å². The number of nitrogens with zero attached hydrogens (tertiary/aromatic N) is 1. The van der Waals surface area contributed by atoms with Crippen LogP contribution in [0.5, 0.6) is 0 Å². The van der Waals surface area contributed by atoms with Crippen LogP contribution in [0.4, 0.5) is 5.69 Å². The van der Waals surface area contributed by atoms with Crippen molar-refractivity contribution in [2.45, 2.75) is 6.92 Å².